The predicted octanol–water partition coefficient (Wildman–Crippen LogP) is 2.51. The Morgan fingerprint density at radius 1 is 1.07 bits per heavy atom. The number of likely N-dealkylation sites (tertiary alicyclic amines) is 1. The fourth-order valence-corrected chi connectivity index (χ4v) is 5.26. The molecule has 1 fully saturated rings. The first-order valence-electron chi connectivity index (χ1n) is 13.7. The van der Waals surface area contributed by atoms with E-state index in [1.165, 1.54) is 18.4 Å². The van der Waals surface area contributed by atoms with Gasteiger partial charge in [-0.25, -0.2) is 4.98 Å². The number of aliphatic hydroxyl groups is 2. The molecule has 0 spiro atoms. The summed E-state index contributed by atoms with van der Waals surface area (Å²) in [6.07, 6.45) is 5.15. The van der Waals surface area contributed by atoms with E-state index in [0.29, 0.717) is 54.8 Å². The van der Waals surface area contributed by atoms with Crippen molar-refractivity contribution in [3.8, 4) is 22.4 Å². The largest absolute Gasteiger partial charge is 0.395 e. The molecule has 1 aliphatic rings. The van der Waals surface area contributed by atoms with Crippen molar-refractivity contribution in [1.29, 1.82) is 0 Å². The van der Waals surface area contributed by atoms with Crippen molar-refractivity contribution in [3.05, 3.63) is 60.0 Å². The van der Waals surface area contributed by atoms with Gasteiger partial charge < -0.3 is 26.2 Å². The molecule has 4 heterocycles. The summed E-state index contributed by atoms with van der Waals surface area (Å²) < 4.78 is 1.45. The molecule has 0 aliphatic carbocycles. The van der Waals surface area contributed by atoms with E-state index in [-0.39, 0.29) is 29.1 Å². The number of nitrogen functional groups attached to an aromatic ring is 1. The number of hydrogen-bond acceptors (Lipinski definition) is 9. The summed E-state index contributed by atoms with van der Waals surface area (Å²) in [5.41, 5.74) is 10.3. The molecule has 3 aromatic heterocycles. The third kappa shape index (κ3) is 5.33. The molecular weight excluding hydrogens is 538 g/mol. The van der Waals surface area contributed by atoms with Crippen molar-refractivity contribution < 1.29 is 24.6 Å². The Bertz CT molecular complexity index is 1620. The predicted molar refractivity (Wildman–Crippen MR) is 157 cm³/mol. The summed E-state index contributed by atoms with van der Waals surface area (Å²) in [5, 5.41) is 26.4. The number of benzene rings is 1. The van der Waals surface area contributed by atoms with E-state index in [1.54, 1.807) is 17.3 Å². The van der Waals surface area contributed by atoms with Gasteiger partial charge in [-0.1, -0.05) is 18.2 Å². The maximum absolute atomic E-state index is 12.9. The number of hydrogen-bond donors (Lipinski definition) is 4. The molecule has 0 unspecified atom stereocenters. The van der Waals surface area contributed by atoms with Crippen molar-refractivity contribution in [1.82, 2.24) is 24.5 Å². The molecular formula is C30H33N7O5. The van der Waals surface area contributed by atoms with Gasteiger partial charge in [0, 0.05) is 54.5 Å². The van der Waals surface area contributed by atoms with Crippen LogP contribution in [-0.4, -0.2) is 79.1 Å². The fourth-order valence-electron chi connectivity index (χ4n) is 5.26. The number of nitrogens with one attached hydrogen (secondary N) is 1. The Balaban J connectivity index is 1.41. The third-order valence-corrected chi connectivity index (χ3v) is 7.83. The standard InChI is InChI=1S/C30H33N7O5/c1-18(41)34-22-6-3-19(4-7-22)25-8-5-21(13-32-25)23-14-33-37-27(31)24(15-38)26(35-28(23)37)20-9-11-36(12-10-20)29(42)30(2,16-39)17-40/h3-8,13-15,20,39-40H,9-12,16-17,31H2,1-2H3,(H,34,41). The normalized spacial score (nSPS) is 14.2. The number of anilines is 2. The van der Waals surface area contributed by atoms with Gasteiger partial charge in [-0.3, -0.25) is 19.4 Å². The Labute approximate surface area is 242 Å². The van der Waals surface area contributed by atoms with Crippen LogP contribution in [0.5, 0.6) is 0 Å². The minimum atomic E-state index is -1.24. The molecule has 0 atom stereocenters. The number of carbonyl (C=O) groups excluding carboxylic acids is 3. The Hall–Kier alpha value is -4.68. The highest BCUT2D eigenvalue weighted by Crippen LogP contribution is 2.35. The van der Waals surface area contributed by atoms with Crippen LogP contribution in [0.25, 0.3) is 28.0 Å². The molecule has 5 rings (SSSR count). The maximum Gasteiger partial charge on any atom is 0.233 e. The summed E-state index contributed by atoms with van der Waals surface area (Å²) >= 11 is 0. The zero-order valence-electron chi connectivity index (χ0n) is 23.4. The second-order valence-corrected chi connectivity index (χ2v) is 10.8. The summed E-state index contributed by atoms with van der Waals surface area (Å²) in [6, 6.07) is 11.2. The number of amides is 2. The molecule has 1 aliphatic heterocycles. The second kappa shape index (κ2) is 11.7. The lowest BCUT2D eigenvalue weighted by atomic mass is 9.87. The highest BCUT2D eigenvalue weighted by atomic mass is 16.3. The lowest BCUT2D eigenvalue weighted by Gasteiger charge is -2.37. The van der Waals surface area contributed by atoms with Crippen LogP contribution >= 0.6 is 0 Å². The highest BCUT2D eigenvalue weighted by molar-refractivity contribution is 5.89. The van der Waals surface area contributed by atoms with Crippen molar-refractivity contribution in [2.45, 2.75) is 32.6 Å². The van der Waals surface area contributed by atoms with Crippen molar-refractivity contribution in [2.24, 2.45) is 5.41 Å². The number of aldehydes is 1. The highest BCUT2D eigenvalue weighted by Gasteiger charge is 2.38. The van der Waals surface area contributed by atoms with Gasteiger partial charge in [-0.15, -0.1) is 0 Å². The van der Waals surface area contributed by atoms with E-state index in [1.807, 2.05) is 36.4 Å². The van der Waals surface area contributed by atoms with Crippen molar-refractivity contribution >= 4 is 35.3 Å². The number of nitrogens with two attached hydrogens (primary N) is 1. The number of fused-ring (bicyclic) bond motifs is 1. The molecule has 1 aromatic carbocycles. The summed E-state index contributed by atoms with van der Waals surface area (Å²) in [4.78, 5) is 47.4. The molecule has 0 radical (unpaired) electrons. The van der Waals surface area contributed by atoms with E-state index in [0.717, 1.165) is 16.8 Å². The molecule has 4 aromatic rings. The SMILES string of the molecule is CC(=O)Nc1ccc(-c2ccc(-c3cnn4c(N)c(C=O)c(C5CCN(C(=O)C(C)(CO)CO)CC5)nc34)cn2)cc1. The van der Waals surface area contributed by atoms with Crippen molar-refractivity contribution in [2.75, 3.05) is 37.4 Å². The van der Waals surface area contributed by atoms with Crippen LogP contribution in [0, 0.1) is 5.41 Å². The molecule has 0 saturated carbocycles. The number of aromatic nitrogens is 4. The second-order valence-electron chi connectivity index (χ2n) is 10.8. The topological polar surface area (TPSA) is 176 Å². The number of aliphatic hydroxyl groups excluding tert-OH is 2. The van der Waals surface area contributed by atoms with Gasteiger partial charge in [0.1, 0.15) is 5.82 Å². The lowest BCUT2D eigenvalue weighted by molar-refractivity contribution is -0.147. The average molecular weight is 572 g/mol. The first kappa shape index (κ1) is 28.8. The van der Waals surface area contributed by atoms with E-state index in [2.05, 4.69) is 15.4 Å². The van der Waals surface area contributed by atoms with Gasteiger partial charge in [0.15, 0.2) is 11.9 Å². The van der Waals surface area contributed by atoms with Crippen LogP contribution in [0.1, 0.15) is 48.7 Å². The first-order valence-corrected chi connectivity index (χ1v) is 13.7. The van der Waals surface area contributed by atoms with Gasteiger partial charge in [-0.2, -0.15) is 9.61 Å². The minimum Gasteiger partial charge on any atom is -0.395 e. The average Bonchev–Trinajstić information content (AvgIpc) is 3.45. The third-order valence-electron chi connectivity index (χ3n) is 7.83. The lowest BCUT2D eigenvalue weighted by Crippen LogP contribution is -2.49. The summed E-state index contributed by atoms with van der Waals surface area (Å²) in [7, 11) is 0. The van der Waals surface area contributed by atoms with Gasteiger partial charge >= 0.3 is 0 Å². The molecule has 42 heavy (non-hydrogen) atoms. The van der Waals surface area contributed by atoms with E-state index in [4.69, 9.17) is 10.7 Å². The monoisotopic (exact) mass is 571 g/mol. The number of rotatable bonds is 8. The smallest absolute Gasteiger partial charge is 0.233 e. The molecule has 2 amide bonds. The van der Waals surface area contributed by atoms with E-state index in [9.17, 15) is 24.6 Å². The Kier molecular flexibility index (Phi) is 8.01. The molecule has 5 N–H and O–H groups in total. The Morgan fingerprint density at radius 2 is 1.74 bits per heavy atom. The van der Waals surface area contributed by atoms with E-state index < -0.39 is 18.6 Å². The van der Waals surface area contributed by atoms with Crippen LogP contribution in [0.4, 0.5) is 11.5 Å². The van der Waals surface area contributed by atoms with Gasteiger partial charge in [-0.05, 0) is 38.0 Å². The number of carbonyl (C=O) groups is 3. The zero-order chi connectivity index (χ0) is 30.0. The zero-order valence-corrected chi connectivity index (χ0v) is 23.4. The number of pyridine rings is 1. The number of nitrogens with zero attached hydrogens (tertiary/aromatic N) is 5. The van der Waals surface area contributed by atoms with Gasteiger partial charge in [0.2, 0.25) is 11.8 Å². The maximum atomic E-state index is 12.9. The summed E-state index contributed by atoms with van der Waals surface area (Å²) in [5.74, 6) is -0.380. The molecule has 12 heteroatoms. The Morgan fingerprint density at radius 3 is 2.31 bits per heavy atom. The van der Waals surface area contributed by atoms with Crippen LogP contribution in [0.3, 0.4) is 0 Å². The van der Waals surface area contributed by atoms with Crippen LogP contribution in [0.15, 0.2) is 48.8 Å². The quantitative estimate of drug-likeness (QED) is 0.232. The molecule has 1 saturated heterocycles. The van der Waals surface area contributed by atoms with Gasteiger partial charge in [0.05, 0.1) is 41.8 Å². The van der Waals surface area contributed by atoms with Crippen molar-refractivity contribution in [3.63, 3.8) is 0 Å². The number of piperidine rings is 1. The fraction of sp³-hybridized carbons (Fsp3) is 0.333. The van der Waals surface area contributed by atoms with Crippen LogP contribution < -0.4 is 11.1 Å². The minimum absolute atomic E-state index is 0.125. The van der Waals surface area contributed by atoms with Crippen LogP contribution in [-0.2, 0) is 9.59 Å². The molecule has 12 nitrogen and oxygen atoms in total. The van der Waals surface area contributed by atoms with Crippen LogP contribution in [0.2, 0.25) is 0 Å². The van der Waals surface area contributed by atoms with Gasteiger partial charge in [0.25, 0.3) is 0 Å². The first-order chi connectivity index (χ1) is 20.2. The molecule has 0 bridgehead atoms. The molecule has 218 valence electrons. The van der Waals surface area contributed by atoms with E-state index >= 15 is 0 Å². The summed E-state index contributed by atoms with van der Waals surface area (Å²) in [6.45, 7) is 2.89.